The monoisotopic (exact) mass is 267 g/mol. The second-order valence-electron chi connectivity index (χ2n) is 4.85. The SMILES string of the molecule is CC(NC(=O)CCC1CCCCN1)c1nccs1. The number of amides is 1. The molecule has 0 aromatic carbocycles. The Morgan fingerprint density at radius 1 is 1.67 bits per heavy atom. The minimum Gasteiger partial charge on any atom is -0.347 e. The van der Waals surface area contributed by atoms with E-state index in [9.17, 15) is 4.79 Å². The van der Waals surface area contributed by atoms with Gasteiger partial charge in [0.25, 0.3) is 0 Å². The Morgan fingerprint density at radius 2 is 2.56 bits per heavy atom. The molecule has 18 heavy (non-hydrogen) atoms. The van der Waals surface area contributed by atoms with Crippen molar-refractivity contribution in [1.82, 2.24) is 15.6 Å². The number of hydrogen-bond donors (Lipinski definition) is 2. The van der Waals surface area contributed by atoms with Gasteiger partial charge >= 0.3 is 0 Å². The summed E-state index contributed by atoms with van der Waals surface area (Å²) < 4.78 is 0. The van der Waals surface area contributed by atoms with Crippen LogP contribution in [0.15, 0.2) is 11.6 Å². The average molecular weight is 267 g/mol. The van der Waals surface area contributed by atoms with Gasteiger partial charge in [-0.2, -0.15) is 0 Å². The predicted octanol–water partition coefficient (Wildman–Crippen LogP) is 2.24. The third-order valence-electron chi connectivity index (χ3n) is 3.33. The van der Waals surface area contributed by atoms with Crippen molar-refractivity contribution in [2.75, 3.05) is 6.54 Å². The molecule has 100 valence electrons. The summed E-state index contributed by atoms with van der Waals surface area (Å²) in [7, 11) is 0. The number of nitrogens with zero attached hydrogens (tertiary/aromatic N) is 1. The highest BCUT2D eigenvalue weighted by molar-refractivity contribution is 7.09. The third-order valence-corrected chi connectivity index (χ3v) is 4.29. The number of hydrogen-bond acceptors (Lipinski definition) is 4. The third kappa shape index (κ3) is 4.07. The van der Waals surface area contributed by atoms with Gasteiger partial charge in [0, 0.05) is 24.0 Å². The highest BCUT2D eigenvalue weighted by Crippen LogP contribution is 2.16. The van der Waals surface area contributed by atoms with Crippen LogP contribution in [0.3, 0.4) is 0 Å². The molecule has 2 heterocycles. The molecule has 2 N–H and O–H groups in total. The van der Waals surface area contributed by atoms with Crippen molar-refractivity contribution in [1.29, 1.82) is 0 Å². The summed E-state index contributed by atoms with van der Waals surface area (Å²) in [4.78, 5) is 16.0. The molecule has 1 aromatic heterocycles. The molecule has 1 aromatic rings. The van der Waals surface area contributed by atoms with Crippen molar-refractivity contribution < 1.29 is 4.79 Å². The van der Waals surface area contributed by atoms with Crippen LogP contribution in [0, 0.1) is 0 Å². The molecule has 0 spiro atoms. The van der Waals surface area contributed by atoms with Crippen LogP contribution in [0.5, 0.6) is 0 Å². The van der Waals surface area contributed by atoms with Crippen molar-refractivity contribution in [3.8, 4) is 0 Å². The van der Waals surface area contributed by atoms with E-state index >= 15 is 0 Å². The standard InChI is InChI=1S/C13H21N3OS/c1-10(13-15-8-9-18-13)16-12(17)6-5-11-4-2-3-7-14-11/h8-11,14H,2-7H2,1H3,(H,16,17). The number of piperidine rings is 1. The molecule has 4 nitrogen and oxygen atoms in total. The van der Waals surface area contributed by atoms with Gasteiger partial charge in [-0.05, 0) is 32.7 Å². The van der Waals surface area contributed by atoms with Crippen LogP contribution in [-0.4, -0.2) is 23.5 Å². The van der Waals surface area contributed by atoms with Crippen LogP contribution in [0.4, 0.5) is 0 Å². The minimum atomic E-state index is 0.0248. The summed E-state index contributed by atoms with van der Waals surface area (Å²) in [6.45, 7) is 3.08. The molecule has 0 aliphatic carbocycles. The van der Waals surface area contributed by atoms with Crippen molar-refractivity contribution >= 4 is 17.2 Å². The van der Waals surface area contributed by atoms with Crippen LogP contribution >= 0.6 is 11.3 Å². The first-order valence-electron chi connectivity index (χ1n) is 6.68. The van der Waals surface area contributed by atoms with Crippen LogP contribution in [0.25, 0.3) is 0 Å². The maximum atomic E-state index is 11.8. The number of aromatic nitrogens is 1. The largest absolute Gasteiger partial charge is 0.347 e. The minimum absolute atomic E-state index is 0.0248. The second-order valence-corrected chi connectivity index (χ2v) is 5.77. The zero-order chi connectivity index (χ0) is 12.8. The summed E-state index contributed by atoms with van der Waals surface area (Å²) in [5.41, 5.74) is 0. The smallest absolute Gasteiger partial charge is 0.220 e. The Kier molecular flexibility index (Phi) is 5.13. The first-order chi connectivity index (χ1) is 8.75. The highest BCUT2D eigenvalue weighted by atomic mass is 32.1. The molecule has 0 radical (unpaired) electrons. The van der Waals surface area contributed by atoms with E-state index in [2.05, 4.69) is 15.6 Å². The van der Waals surface area contributed by atoms with Gasteiger partial charge in [-0.1, -0.05) is 6.42 Å². The molecule has 5 heteroatoms. The van der Waals surface area contributed by atoms with Gasteiger partial charge in [-0.15, -0.1) is 11.3 Å². The molecule has 1 aliphatic rings. The van der Waals surface area contributed by atoms with Crippen molar-refractivity contribution in [3.05, 3.63) is 16.6 Å². The number of rotatable bonds is 5. The molecule has 2 unspecified atom stereocenters. The van der Waals surface area contributed by atoms with E-state index in [-0.39, 0.29) is 11.9 Å². The van der Waals surface area contributed by atoms with E-state index in [4.69, 9.17) is 0 Å². The maximum Gasteiger partial charge on any atom is 0.220 e. The number of nitrogens with one attached hydrogen (secondary N) is 2. The molecule has 1 saturated heterocycles. The summed E-state index contributed by atoms with van der Waals surface area (Å²) in [5, 5.41) is 9.37. The van der Waals surface area contributed by atoms with E-state index in [1.54, 1.807) is 17.5 Å². The molecule has 1 fully saturated rings. The fourth-order valence-electron chi connectivity index (χ4n) is 2.30. The second kappa shape index (κ2) is 6.85. The van der Waals surface area contributed by atoms with Crippen LogP contribution in [0.1, 0.15) is 50.1 Å². The number of thiazole rings is 1. The van der Waals surface area contributed by atoms with Crippen molar-refractivity contribution in [3.63, 3.8) is 0 Å². The van der Waals surface area contributed by atoms with Gasteiger partial charge in [-0.3, -0.25) is 4.79 Å². The Balaban J connectivity index is 1.68. The quantitative estimate of drug-likeness (QED) is 0.860. The number of carbonyl (C=O) groups excluding carboxylic acids is 1. The van der Waals surface area contributed by atoms with E-state index in [0.29, 0.717) is 12.5 Å². The van der Waals surface area contributed by atoms with E-state index in [0.717, 1.165) is 18.0 Å². The molecule has 2 rings (SSSR count). The fraction of sp³-hybridized carbons (Fsp3) is 0.692. The summed E-state index contributed by atoms with van der Waals surface area (Å²) >= 11 is 1.58. The lowest BCUT2D eigenvalue weighted by molar-refractivity contribution is -0.122. The molecule has 1 aliphatic heterocycles. The molecular formula is C13H21N3OS. The Morgan fingerprint density at radius 3 is 3.22 bits per heavy atom. The van der Waals surface area contributed by atoms with Gasteiger partial charge in [0.15, 0.2) is 0 Å². The van der Waals surface area contributed by atoms with Crippen LogP contribution in [-0.2, 0) is 4.79 Å². The first-order valence-corrected chi connectivity index (χ1v) is 7.56. The Labute approximate surface area is 112 Å². The lowest BCUT2D eigenvalue weighted by atomic mass is 10.0. The molecule has 2 atom stereocenters. The first kappa shape index (κ1) is 13.5. The lowest BCUT2D eigenvalue weighted by Gasteiger charge is -2.23. The zero-order valence-corrected chi connectivity index (χ0v) is 11.6. The normalized spacial score (nSPS) is 21.5. The fourth-order valence-corrected chi connectivity index (χ4v) is 2.95. The molecular weight excluding hydrogens is 246 g/mol. The zero-order valence-electron chi connectivity index (χ0n) is 10.8. The van der Waals surface area contributed by atoms with Crippen molar-refractivity contribution in [2.24, 2.45) is 0 Å². The summed E-state index contributed by atoms with van der Waals surface area (Å²) in [6.07, 6.45) is 7.08. The highest BCUT2D eigenvalue weighted by Gasteiger charge is 2.16. The summed E-state index contributed by atoms with van der Waals surface area (Å²) in [5.74, 6) is 0.130. The predicted molar refractivity (Wildman–Crippen MR) is 73.5 cm³/mol. The Bertz CT molecular complexity index is 360. The molecule has 0 bridgehead atoms. The Hall–Kier alpha value is -0.940. The topological polar surface area (TPSA) is 54.0 Å². The van der Waals surface area contributed by atoms with E-state index in [1.165, 1.54) is 19.3 Å². The maximum absolute atomic E-state index is 11.8. The van der Waals surface area contributed by atoms with Gasteiger partial charge in [-0.25, -0.2) is 4.98 Å². The molecule has 1 amide bonds. The van der Waals surface area contributed by atoms with E-state index < -0.39 is 0 Å². The number of carbonyl (C=O) groups is 1. The van der Waals surface area contributed by atoms with Crippen LogP contribution in [0.2, 0.25) is 0 Å². The average Bonchev–Trinajstić information content (AvgIpc) is 2.91. The lowest BCUT2D eigenvalue weighted by Crippen LogP contribution is -2.35. The molecule has 0 saturated carbocycles. The van der Waals surface area contributed by atoms with Gasteiger partial charge in [0.05, 0.1) is 6.04 Å². The van der Waals surface area contributed by atoms with Crippen LogP contribution < -0.4 is 10.6 Å². The van der Waals surface area contributed by atoms with Gasteiger partial charge in [0.2, 0.25) is 5.91 Å². The van der Waals surface area contributed by atoms with E-state index in [1.807, 2.05) is 12.3 Å². The van der Waals surface area contributed by atoms with Gasteiger partial charge < -0.3 is 10.6 Å². The van der Waals surface area contributed by atoms with Crippen molar-refractivity contribution in [2.45, 2.75) is 51.1 Å². The van der Waals surface area contributed by atoms with Gasteiger partial charge in [0.1, 0.15) is 5.01 Å². The summed E-state index contributed by atoms with van der Waals surface area (Å²) in [6, 6.07) is 0.552.